The fourth-order valence-electron chi connectivity index (χ4n) is 1.49. The molecule has 4 nitrogen and oxygen atoms in total. The Hall–Kier alpha value is -1.60. The summed E-state index contributed by atoms with van der Waals surface area (Å²) in [6.07, 6.45) is 1.37. The molecule has 0 aliphatic heterocycles. The molecule has 2 aromatic carbocycles. The van der Waals surface area contributed by atoms with E-state index in [0.29, 0.717) is 16.1 Å². The number of amides is 1. The second-order valence-electron chi connectivity index (χ2n) is 3.88. The number of carbonyl (C=O) groups is 1. The third-order valence-corrected chi connectivity index (χ3v) is 3.48. The largest absolute Gasteiger partial charge is 0.507 e. The molecular formula is C14H10ClIN2O2. The summed E-state index contributed by atoms with van der Waals surface area (Å²) >= 11 is 8.05. The third-order valence-electron chi connectivity index (χ3n) is 2.48. The molecular weight excluding hydrogens is 391 g/mol. The first-order valence-electron chi connectivity index (χ1n) is 5.64. The van der Waals surface area contributed by atoms with Crippen molar-refractivity contribution in [3.8, 4) is 5.75 Å². The highest BCUT2D eigenvalue weighted by Gasteiger charge is 2.09. The van der Waals surface area contributed by atoms with Crippen LogP contribution in [0.3, 0.4) is 0 Å². The summed E-state index contributed by atoms with van der Waals surface area (Å²) in [5, 5.41) is 13.7. The number of phenols is 1. The van der Waals surface area contributed by atoms with Gasteiger partial charge in [-0.15, -0.1) is 0 Å². The highest BCUT2D eigenvalue weighted by molar-refractivity contribution is 14.1. The number of carbonyl (C=O) groups excluding carboxylic acids is 1. The van der Waals surface area contributed by atoms with Crippen molar-refractivity contribution in [3.63, 3.8) is 0 Å². The Balaban J connectivity index is 2.09. The summed E-state index contributed by atoms with van der Waals surface area (Å²) in [4.78, 5) is 11.9. The number of hydrogen-bond donors (Lipinski definition) is 2. The van der Waals surface area contributed by atoms with E-state index in [9.17, 15) is 9.90 Å². The average molecular weight is 401 g/mol. The first-order chi connectivity index (χ1) is 9.58. The van der Waals surface area contributed by atoms with E-state index in [1.54, 1.807) is 36.4 Å². The first-order valence-corrected chi connectivity index (χ1v) is 7.10. The number of rotatable bonds is 3. The molecule has 0 atom stereocenters. The van der Waals surface area contributed by atoms with Crippen LogP contribution in [0.25, 0.3) is 0 Å². The molecule has 2 N–H and O–H groups in total. The number of hydrogen-bond acceptors (Lipinski definition) is 3. The maximum atomic E-state index is 11.9. The lowest BCUT2D eigenvalue weighted by Crippen LogP contribution is -2.18. The molecule has 0 aliphatic rings. The lowest BCUT2D eigenvalue weighted by atomic mass is 10.2. The number of phenolic OH excluding ortho intramolecular Hbond substituents is 1. The monoisotopic (exact) mass is 400 g/mol. The molecule has 0 saturated heterocycles. The zero-order valence-electron chi connectivity index (χ0n) is 10.2. The molecule has 20 heavy (non-hydrogen) atoms. The fraction of sp³-hybridized carbons (Fsp3) is 0. The molecule has 0 radical (unpaired) electrons. The molecule has 2 rings (SSSR count). The van der Waals surface area contributed by atoms with Gasteiger partial charge in [-0.05, 0) is 52.9 Å². The van der Waals surface area contributed by atoms with Crippen LogP contribution in [-0.4, -0.2) is 17.2 Å². The minimum Gasteiger partial charge on any atom is -0.507 e. The van der Waals surface area contributed by atoms with E-state index in [-0.39, 0.29) is 5.75 Å². The molecule has 0 spiro atoms. The number of benzene rings is 2. The van der Waals surface area contributed by atoms with Crippen LogP contribution in [0, 0.1) is 3.57 Å². The second kappa shape index (κ2) is 6.71. The normalized spacial score (nSPS) is 10.7. The van der Waals surface area contributed by atoms with E-state index in [1.807, 2.05) is 6.07 Å². The molecule has 102 valence electrons. The average Bonchev–Trinajstić information content (AvgIpc) is 2.43. The van der Waals surface area contributed by atoms with Gasteiger partial charge < -0.3 is 5.11 Å². The predicted octanol–water partition coefficient (Wildman–Crippen LogP) is 3.41. The standard InChI is InChI=1S/C14H10ClIN2O2/c15-12-6-5-10(16)7-11(12)14(20)18-17-8-9-3-1-2-4-13(9)19/h1-8,19H,(H,18,20). The molecule has 0 saturated carbocycles. The first kappa shape index (κ1) is 14.8. The van der Waals surface area contributed by atoms with Gasteiger partial charge in [0.25, 0.3) is 5.91 Å². The fourth-order valence-corrected chi connectivity index (χ4v) is 2.18. The number of halogens is 2. The minimum absolute atomic E-state index is 0.0952. The Morgan fingerprint density at radius 3 is 2.80 bits per heavy atom. The van der Waals surface area contributed by atoms with Crippen molar-refractivity contribution in [2.75, 3.05) is 0 Å². The summed E-state index contributed by atoms with van der Waals surface area (Å²) in [5.41, 5.74) is 3.24. The maximum absolute atomic E-state index is 11.9. The Morgan fingerprint density at radius 1 is 1.30 bits per heavy atom. The van der Waals surface area contributed by atoms with Crippen LogP contribution in [-0.2, 0) is 0 Å². The van der Waals surface area contributed by atoms with E-state index in [0.717, 1.165) is 3.57 Å². The zero-order chi connectivity index (χ0) is 14.5. The highest BCUT2D eigenvalue weighted by atomic mass is 127. The van der Waals surface area contributed by atoms with Crippen LogP contribution in [0.5, 0.6) is 5.75 Å². The summed E-state index contributed by atoms with van der Waals surface area (Å²) in [5.74, 6) is -0.307. The van der Waals surface area contributed by atoms with Crippen LogP contribution >= 0.6 is 34.2 Å². The van der Waals surface area contributed by atoms with Crippen LogP contribution in [0.4, 0.5) is 0 Å². The lowest BCUT2D eigenvalue weighted by molar-refractivity contribution is 0.0955. The van der Waals surface area contributed by atoms with Gasteiger partial charge in [0.1, 0.15) is 5.75 Å². The van der Waals surface area contributed by atoms with Crippen molar-refractivity contribution >= 4 is 46.3 Å². The van der Waals surface area contributed by atoms with E-state index in [1.165, 1.54) is 6.21 Å². The SMILES string of the molecule is O=C(NN=Cc1ccccc1O)c1cc(I)ccc1Cl. The van der Waals surface area contributed by atoms with Gasteiger partial charge >= 0.3 is 0 Å². The van der Waals surface area contributed by atoms with Gasteiger partial charge in [0.05, 0.1) is 16.8 Å². The van der Waals surface area contributed by atoms with Gasteiger partial charge in [-0.1, -0.05) is 23.7 Å². The number of hydrazone groups is 1. The molecule has 0 heterocycles. The minimum atomic E-state index is -0.403. The van der Waals surface area contributed by atoms with Crippen LogP contribution in [0.1, 0.15) is 15.9 Å². The topological polar surface area (TPSA) is 61.7 Å². The highest BCUT2D eigenvalue weighted by Crippen LogP contribution is 2.18. The van der Waals surface area contributed by atoms with E-state index in [4.69, 9.17) is 11.6 Å². The number of nitrogens with zero attached hydrogens (tertiary/aromatic N) is 1. The molecule has 6 heteroatoms. The van der Waals surface area contributed by atoms with Gasteiger partial charge in [-0.25, -0.2) is 5.43 Å². The Kier molecular flexibility index (Phi) is 4.97. The summed E-state index contributed by atoms with van der Waals surface area (Å²) in [6, 6.07) is 11.8. The Bertz CT molecular complexity index is 674. The van der Waals surface area contributed by atoms with Crippen molar-refractivity contribution in [2.45, 2.75) is 0 Å². The Morgan fingerprint density at radius 2 is 2.05 bits per heavy atom. The van der Waals surface area contributed by atoms with Crippen LogP contribution in [0.2, 0.25) is 5.02 Å². The van der Waals surface area contributed by atoms with Gasteiger partial charge in [-0.2, -0.15) is 5.10 Å². The van der Waals surface area contributed by atoms with Gasteiger partial charge in [0.15, 0.2) is 0 Å². The molecule has 2 aromatic rings. The number of aromatic hydroxyl groups is 1. The molecule has 0 unspecified atom stereocenters. The third kappa shape index (κ3) is 3.71. The summed E-state index contributed by atoms with van der Waals surface area (Å²) in [7, 11) is 0. The van der Waals surface area contributed by atoms with E-state index < -0.39 is 5.91 Å². The quantitative estimate of drug-likeness (QED) is 0.471. The maximum Gasteiger partial charge on any atom is 0.272 e. The zero-order valence-corrected chi connectivity index (χ0v) is 13.1. The van der Waals surface area contributed by atoms with Crippen molar-refractivity contribution in [1.29, 1.82) is 0 Å². The van der Waals surface area contributed by atoms with Crippen LogP contribution < -0.4 is 5.43 Å². The lowest BCUT2D eigenvalue weighted by Gasteiger charge is -2.03. The molecule has 0 fully saturated rings. The smallest absolute Gasteiger partial charge is 0.272 e. The van der Waals surface area contributed by atoms with E-state index >= 15 is 0 Å². The second-order valence-corrected chi connectivity index (χ2v) is 5.53. The molecule has 0 bridgehead atoms. The van der Waals surface area contributed by atoms with Gasteiger partial charge in [0.2, 0.25) is 0 Å². The van der Waals surface area contributed by atoms with Crippen molar-refractivity contribution < 1.29 is 9.90 Å². The molecule has 1 amide bonds. The van der Waals surface area contributed by atoms with Crippen molar-refractivity contribution in [3.05, 3.63) is 62.2 Å². The summed E-state index contributed by atoms with van der Waals surface area (Å²) in [6.45, 7) is 0. The van der Waals surface area contributed by atoms with Crippen LogP contribution in [0.15, 0.2) is 47.6 Å². The number of nitrogens with one attached hydrogen (secondary N) is 1. The predicted molar refractivity (Wildman–Crippen MR) is 87.3 cm³/mol. The summed E-state index contributed by atoms with van der Waals surface area (Å²) < 4.78 is 0.904. The van der Waals surface area contributed by atoms with Crippen molar-refractivity contribution in [1.82, 2.24) is 5.43 Å². The van der Waals surface area contributed by atoms with Gasteiger partial charge in [-0.3, -0.25) is 4.79 Å². The molecule has 0 aromatic heterocycles. The molecule has 0 aliphatic carbocycles. The van der Waals surface area contributed by atoms with Gasteiger partial charge in [0, 0.05) is 9.13 Å². The van der Waals surface area contributed by atoms with E-state index in [2.05, 4.69) is 33.1 Å². The number of para-hydroxylation sites is 1. The Labute approximate surface area is 134 Å². The van der Waals surface area contributed by atoms with Crippen molar-refractivity contribution in [2.24, 2.45) is 5.10 Å².